The van der Waals surface area contributed by atoms with Gasteiger partial charge < -0.3 is 13.3 Å². The van der Waals surface area contributed by atoms with Gasteiger partial charge in [-0.25, -0.2) is 0 Å². The van der Waals surface area contributed by atoms with Crippen molar-refractivity contribution in [1.82, 2.24) is 0 Å². The molecule has 0 radical (unpaired) electrons. The summed E-state index contributed by atoms with van der Waals surface area (Å²) in [5.74, 6) is -0.922. The van der Waals surface area contributed by atoms with Gasteiger partial charge in [0, 0.05) is 0 Å². The van der Waals surface area contributed by atoms with Gasteiger partial charge in [-0.2, -0.15) is 21.6 Å². The summed E-state index contributed by atoms with van der Waals surface area (Å²) in [6.07, 6.45) is 1.92. The second-order valence-electron chi connectivity index (χ2n) is 4.24. The third-order valence-corrected chi connectivity index (χ3v) is 3.50. The first-order valence-electron chi connectivity index (χ1n) is 6.20. The average Bonchev–Trinajstić information content (AvgIpc) is 3.00. The van der Waals surface area contributed by atoms with Crippen molar-refractivity contribution >= 4 is 15.9 Å². The van der Waals surface area contributed by atoms with Crippen LogP contribution < -0.4 is 0 Å². The molecule has 0 unspecified atom stereocenters. The topological polar surface area (TPSA) is 65.7 Å². The highest BCUT2D eigenvalue weighted by Gasteiger charge is 2.49. The van der Waals surface area contributed by atoms with E-state index in [2.05, 4.69) is 4.18 Å². The van der Waals surface area contributed by atoms with Crippen molar-refractivity contribution in [3.05, 3.63) is 66.3 Å². The van der Waals surface area contributed by atoms with Crippen LogP contribution in [0, 0.1) is 0 Å². The zero-order valence-corrected chi connectivity index (χ0v) is 12.3. The van der Waals surface area contributed by atoms with Gasteiger partial charge in [-0.05, 0) is 17.7 Å². The molecule has 0 amide bonds. The summed E-state index contributed by atoms with van der Waals surface area (Å²) in [6.45, 7) is 0.0144. The Morgan fingerprint density at radius 1 is 1.13 bits per heavy atom. The van der Waals surface area contributed by atoms with Gasteiger partial charge in [-0.1, -0.05) is 30.3 Å². The summed E-state index contributed by atoms with van der Waals surface area (Å²) in [7, 11) is -5.83. The van der Waals surface area contributed by atoms with E-state index in [9.17, 15) is 21.6 Å². The lowest BCUT2D eigenvalue weighted by Crippen LogP contribution is -2.25. The third-order valence-electron chi connectivity index (χ3n) is 2.53. The summed E-state index contributed by atoms with van der Waals surface area (Å²) in [5, 5.41) is 0. The third kappa shape index (κ3) is 4.52. The molecular weight excluding hydrogens is 337 g/mol. The predicted octanol–water partition coefficient (Wildman–Crippen LogP) is 3.66. The van der Waals surface area contributed by atoms with E-state index < -0.39 is 21.4 Å². The quantitative estimate of drug-likeness (QED) is 0.453. The largest absolute Gasteiger partial charge is 0.534 e. The maximum Gasteiger partial charge on any atom is 0.534 e. The van der Waals surface area contributed by atoms with Gasteiger partial charge >= 0.3 is 15.6 Å². The standard InChI is InChI=1S/C14H11F3O5S/c15-14(16,17)23(18,19)22-13(12-7-4-8-21-12)10-20-9-11-5-2-1-3-6-11/h1-8,10H,9H2/b13-10-. The molecular formula is C14H11F3O5S. The van der Waals surface area contributed by atoms with Crippen molar-refractivity contribution < 1.29 is 34.9 Å². The van der Waals surface area contributed by atoms with Crippen molar-refractivity contribution in [2.24, 2.45) is 0 Å². The first kappa shape index (κ1) is 16.9. The van der Waals surface area contributed by atoms with Crippen LogP contribution in [0.2, 0.25) is 0 Å². The van der Waals surface area contributed by atoms with Crippen LogP contribution in [0.5, 0.6) is 0 Å². The number of halogens is 3. The van der Waals surface area contributed by atoms with Crippen molar-refractivity contribution in [3.63, 3.8) is 0 Å². The highest BCUT2D eigenvalue weighted by atomic mass is 32.2. The van der Waals surface area contributed by atoms with Crippen LogP contribution in [-0.4, -0.2) is 13.9 Å². The van der Waals surface area contributed by atoms with Crippen LogP contribution in [0.3, 0.4) is 0 Å². The average molecular weight is 348 g/mol. The first-order valence-corrected chi connectivity index (χ1v) is 7.61. The Morgan fingerprint density at radius 3 is 2.39 bits per heavy atom. The highest BCUT2D eigenvalue weighted by Crippen LogP contribution is 2.30. The van der Waals surface area contributed by atoms with Crippen molar-refractivity contribution in [2.75, 3.05) is 0 Å². The van der Waals surface area contributed by atoms with E-state index in [0.29, 0.717) is 0 Å². The van der Waals surface area contributed by atoms with Gasteiger partial charge in [0.05, 0.1) is 6.26 Å². The monoisotopic (exact) mass is 348 g/mol. The van der Waals surface area contributed by atoms with E-state index >= 15 is 0 Å². The summed E-state index contributed by atoms with van der Waals surface area (Å²) in [4.78, 5) is 0. The van der Waals surface area contributed by atoms with E-state index in [1.54, 1.807) is 30.3 Å². The molecule has 0 fully saturated rings. The van der Waals surface area contributed by atoms with Gasteiger partial charge in [0.2, 0.25) is 5.76 Å². The van der Waals surface area contributed by atoms with Crippen LogP contribution in [-0.2, 0) is 25.6 Å². The van der Waals surface area contributed by atoms with E-state index in [1.165, 1.54) is 12.1 Å². The molecule has 1 heterocycles. The maximum absolute atomic E-state index is 12.4. The minimum absolute atomic E-state index is 0.0144. The van der Waals surface area contributed by atoms with Crippen molar-refractivity contribution in [3.8, 4) is 0 Å². The molecule has 0 bridgehead atoms. The second kappa shape index (κ2) is 6.78. The molecule has 23 heavy (non-hydrogen) atoms. The summed E-state index contributed by atoms with van der Waals surface area (Å²) in [6, 6.07) is 11.3. The number of alkyl halides is 3. The normalized spacial score (nSPS) is 12.9. The Kier molecular flexibility index (Phi) is 4.99. The molecule has 0 aliphatic heterocycles. The lowest BCUT2D eigenvalue weighted by atomic mass is 10.2. The molecule has 0 aliphatic rings. The number of hydrogen-bond donors (Lipinski definition) is 0. The van der Waals surface area contributed by atoms with E-state index in [0.717, 1.165) is 18.1 Å². The fourth-order valence-electron chi connectivity index (χ4n) is 1.49. The van der Waals surface area contributed by atoms with Crippen molar-refractivity contribution in [1.29, 1.82) is 0 Å². The molecule has 1 aromatic carbocycles. The maximum atomic E-state index is 12.4. The van der Waals surface area contributed by atoms with Crippen LogP contribution in [0.15, 0.2) is 59.4 Å². The molecule has 9 heteroatoms. The van der Waals surface area contributed by atoms with Crippen LogP contribution in [0.25, 0.3) is 5.76 Å². The van der Waals surface area contributed by atoms with E-state index in [-0.39, 0.29) is 12.4 Å². The fraction of sp³-hybridized carbons (Fsp3) is 0.143. The number of rotatable bonds is 6. The number of benzene rings is 1. The smallest absolute Gasteiger partial charge is 0.492 e. The molecule has 0 N–H and O–H groups in total. The summed E-state index contributed by atoms with van der Waals surface area (Å²) in [5.41, 5.74) is -4.82. The lowest BCUT2D eigenvalue weighted by molar-refractivity contribution is -0.0510. The minimum atomic E-state index is -5.83. The van der Waals surface area contributed by atoms with Crippen LogP contribution >= 0.6 is 0 Å². The number of ether oxygens (including phenoxy) is 1. The molecule has 0 spiro atoms. The zero-order chi connectivity index (χ0) is 16.9. The van der Waals surface area contributed by atoms with Gasteiger partial charge in [-0.3, -0.25) is 0 Å². The van der Waals surface area contributed by atoms with Gasteiger partial charge in [0.1, 0.15) is 12.9 Å². The number of hydrogen-bond acceptors (Lipinski definition) is 5. The number of furan rings is 1. The molecule has 0 saturated heterocycles. The molecule has 2 aromatic rings. The Morgan fingerprint density at radius 2 is 1.83 bits per heavy atom. The molecule has 5 nitrogen and oxygen atoms in total. The summed E-state index contributed by atoms with van der Waals surface area (Å²) >= 11 is 0. The first-order chi connectivity index (χ1) is 10.8. The Bertz CT molecular complexity index is 749. The van der Waals surface area contributed by atoms with Gasteiger partial charge in [-0.15, -0.1) is 0 Å². The van der Waals surface area contributed by atoms with Crippen molar-refractivity contribution in [2.45, 2.75) is 12.1 Å². The fourth-order valence-corrected chi connectivity index (χ4v) is 1.94. The zero-order valence-electron chi connectivity index (χ0n) is 11.5. The molecule has 0 saturated carbocycles. The lowest BCUT2D eigenvalue weighted by Gasteiger charge is -2.11. The molecule has 0 aliphatic carbocycles. The molecule has 2 rings (SSSR count). The highest BCUT2D eigenvalue weighted by molar-refractivity contribution is 7.87. The van der Waals surface area contributed by atoms with E-state index in [1.807, 2.05) is 0 Å². The molecule has 1 aromatic heterocycles. The van der Waals surface area contributed by atoms with E-state index in [4.69, 9.17) is 9.15 Å². The van der Waals surface area contributed by atoms with Gasteiger partial charge in [0.25, 0.3) is 0 Å². The minimum Gasteiger partial charge on any atom is -0.492 e. The van der Waals surface area contributed by atoms with Gasteiger partial charge in [0.15, 0.2) is 5.76 Å². The Balaban J connectivity index is 2.17. The summed E-state index contributed by atoms with van der Waals surface area (Å²) < 4.78 is 73.5. The Labute approximate surface area is 130 Å². The Hall–Kier alpha value is -2.42. The predicted molar refractivity (Wildman–Crippen MR) is 74.0 cm³/mol. The van der Waals surface area contributed by atoms with Crippen LogP contribution in [0.4, 0.5) is 13.2 Å². The molecule has 124 valence electrons. The van der Waals surface area contributed by atoms with Crippen LogP contribution in [0.1, 0.15) is 11.3 Å². The molecule has 0 atom stereocenters. The SMILES string of the molecule is O=S(=O)(O/C(=C\OCc1ccccc1)c1ccco1)C(F)(F)F. The second-order valence-corrected chi connectivity index (χ2v) is 5.78.